The highest BCUT2D eigenvalue weighted by Gasteiger charge is 2.38. The standard InChI is InChI=1S/C10H10Cl2F3NO.ClH/c11-5-1-2-6(7(12)3-5)8(17)4-9(16)10(13,14)15;/h1-3,8-9,17H,4,16H2;1H/t8-,9+;/m0./s1. The summed E-state index contributed by atoms with van der Waals surface area (Å²) in [5.41, 5.74) is 5.09. The van der Waals surface area contributed by atoms with E-state index in [1.807, 2.05) is 0 Å². The maximum atomic E-state index is 12.2. The molecule has 3 N–H and O–H groups in total. The number of aliphatic hydroxyl groups is 1. The van der Waals surface area contributed by atoms with Gasteiger partial charge in [-0.25, -0.2) is 0 Å². The third kappa shape index (κ3) is 4.82. The maximum Gasteiger partial charge on any atom is 0.403 e. The Balaban J connectivity index is 0.00000289. The van der Waals surface area contributed by atoms with Crippen LogP contribution in [0.5, 0.6) is 0 Å². The van der Waals surface area contributed by atoms with E-state index in [9.17, 15) is 18.3 Å². The molecule has 0 amide bonds. The van der Waals surface area contributed by atoms with Crippen molar-refractivity contribution in [2.24, 2.45) is 5.73 Å². The summed E-state index contributed by atoms with van der Waals surface area (Å²) in [6.45, 7) is 0. The number of aliphatic hydroxyl groups excluding tert-OH is 1. The molecule has 0 aliphatic carbocycles. The molecule has 2 nitrogen and oxygen atoms in total. The number of nitrogens with two attached hydrogens (primary N) is 1. The first-order valence-electron chi connectivity index (χ1n) is 4.67. The van der Waals surface area contributed by atoms with Gasteiger partial charge in [0.25, 0.3) is 0 Å². The molecule has 0 saturated heterocycles. The Morgan fingerprint density at radius 3 is 2.28 bits per heavy atom. The molecule has 0 aliphatic rings. The summed E-state index contributed by atoms with van der Waals surface area (Å²) in [5.74, 6) is 0. The molecule has 104 valence electrons. The first kappa shape index (κ1) is 17.8. The number of halogens is 6. The third-order valence-corrected chi connectivity index (χ3v) is 2.78. The molecular weight excluding hydrogens is 313 g/mol. The lowest BCUT2D eigenvalue weighted by Crippen LogP contribution is -2.38. The van der Waals surface area contributed by atoms with Crippen LogP contribution in [0.15, 0.2) is 18.2 Å². The van der Waals surface area contributed by atoms with Crippen LogP contribution in [0.2, 0.25) is 10.0 Å². The summed E-state index contributed by atoms with van der Waals surface area (Å²) in [7, 11) is 0. The normalized spacial score (nSPS) is 14.8. The molecule has 18 heavy (non-hydrogen) atoms. The van der Waals surface area contributed by atoms with E-state index < -0.39 is 24.7 Å². The molecule has 8 heteroatoms. The summed E-state index contributed by atoms with van der Waals surface area (Å²) in [5, 5.41) is 10.1. The fourth-order valence-electron chi connectivity index (χ4n) is 1.27. The molecule has 2 atom stereocenters. The molecule has 0 fully saturated rings. The Labute approximate surface area is 118 Å². The Kier molecular flexibility index (Phi) is 6.74. The lowest BCUT2D eigenvalue weighted by molar-refractivity contribution is -0.153. The van der Waals surface area contributed by atoms with Crippen molar-refractivity contribution in [2.75, 3.05) is 0 Å². The number of alkyl halides is 3. The first-order chi connectivity index (χ1) is 7.71. The van der Waals surface area contributed by atoms with Crippen LogP contribution in [-0.2, 0) is 0 Å². The average molecular weight is 325 g/mol. The molecule has 1 aromatic carbocycles. The average Bonchev–Trinajstić information content (AvgIpc) is 2.15. The molecule has 1 rings (SSSR count). The quantitative estimate of drug-likeness (QED) is 0.890. The molecular formula is C10H11Cl3F3NO. The number of rotatable bonds is 3. The fourth-order valence-corrected chi connectivity index (χ4v) is 1.81. The molecule has 0 spiro atoms. The summed E-state index contributed by atoms with van der Waals surface area (Å²) < 4.78 is 36.6. The number of hydrogen-bond donors (Lipinski definition) is 2. The molecule has 0 radical (unpaired) electrons. The van der Waals surface area contributed by atoms with Crippen molar-refractivity contribution >= 4 is 35.6 Å². The van der Waals surface area contributed by atoms with E-state index in [0.717, 1.165) is 0 Å². The zero-order chi connectivity index (χ0) is 13.2. The van der Waals surface area contributed by atoms with Crippen LogP contribution in [0.25, 0.3) is 0 Å². The van der Waals surface area contributed by atoms with E-state index in [0.29, 0.717) is 5.02 Å². The van der Waals surface area contributed by atoms with E-state index in [-0.39, 0.29) is 23.0 Å². The summed E-state index contributed by atoms with van der Waals surface area (Å²) in [6, 6.07) is 2.06. The smallest absolute Gasteiger partial charge is 0.388 e. The molecule has 0 heterocycles. The highest BCUT2D eigenvalue weighted by Crippen LogP contribution is 2.31. The van der Waals surface area contributed by atoms with Crippen LogP contribution < -0.4 is 5.73 Å². The molecule has 0 saturated carbocycles. The molecule has 0 aromatic heterocycles. The SMILES string of the molecule is Cl.N[C@H](C[C@H](O)c1ccc(Cl)cc1Cl)C(F)(F)F. The molecule has 0 aliphatic heterocycles. The lowest BCUT2D eigenvalue weighted by atomic mass is 10.0. The molecule has 0 bridgehead atoms. The van der Waals surface area contributed by atoms with Crippen molar-refractivity contribution < 1.29 is 18.3 Å². The highest BCUT2D eigenvalue weighted by atomic mass is 35.5. The van der Waals surface area contributed by atoms with Crippen LogP contribution in [0.1, 0.15) is 18.1 Å². The van der Waals surface area contributed by atoms with Gasteiger partial charge in [-0.3, -0.25) is 0 Å². The number of benzene rings is 1. The second kappa shape index (κ2) is 6.82. The van der Waals surface area contributed by atoms with E-state index in [1.165, 1.54) is 18.2 Å². The minimum absolute atomic E-state index is 0. The third-order valence-electron chi connectivity index (χ3n) is 2.22. The fraction of sp³-hybridized carbons (Fsp3) is 0.400. The summed E-state index contributed by atoms with van der Waals surface area (Å²) >= 11 is 11.4. The molecule has 0 unspecified atom stereocenters. The van der Waals surface area contributed by atoms with Gasteiger partial charge in [0.15, 0.2) is 0 Å². The largest absolute Gasteiger partial charge is 0.403 e. The van der Waals surface area contributed by atoms with Crippen molar-refractivity contribution in [2.45, 2.75) is 24.7 Å². The molecule has 1 aromatic rings. The highest BCUT2D eigenvalue weighted by molar-refractivity contribution is 6.35. The lowest BCUT2D eigenvalue weighted by Gasteiger charge is -2.20. The van der Waals surface area contributed by atoms with Gasteiger partial charge < -0.3 is 10.8 Å². The van der Waals surface area contributed by atoms with Gasteiger partial charge in [0.1, 0.15) is 6.04 Å². The van der Waals surface area contributed by atoms with Crippen molar-refractivity contribution in [3.8, 4) is 0 Å². The van der Waals surface area contributed by atoms with Crippen molar-refractivity contribution in [3.05, 3.63) is 33.8 Å². The van der Waals surface area contributed by atoms with Gasteiger partial charge in [0.2, 0.25) is 0 Å². The van der Waals surface area contributed by atoms with Crippen molar-refractivity contribution in [1.82, 2.24) is 0 Å². The zero-order valence-electron chi connectivity index (χ0n) is 8.92. The van der Waals surface area contributed by atoms with Crippen molar-refractivity contribution in [1.29, 1.82) is 0 Å². The topological polar surface area (TPSA) is 46.2 Å². The van der Waals surface area contributed by atoms with E-state index >= 15 is 0 Å². The Morgan fingerprint density at radius 2 is 1.83 bits per heavy atom. The van der Waals surface area contributed by atoms with Crippen LogP contribution in [0, 0.1) is 0 Å². The van der Waals surface area contributed by atoms with E-state index in [2.05, 4.69) is 0 Å². The number of hydrogen-bond acceptors (Lipinski definition) is 2. The van der Waals surface area contributed by atoms with E-state index in [4.69, 9.17) is 28.9 Å². The van der Waals surface area contributed by atoms with Gasteiger partial charge in [0, 0.05) is 16.5 Å². The predicted molar refractivity (Wildman–Crippen MR) is 67.3 cm³/mol. The van der Waals surface area contributed by atoms with Crippen molar-refractivity contribution in [3.63, 3.8) is 0 Å². The van der Waals surface area contributed by atoms with Gasteiger partial charge in [-0.15, -0.1) is 12.4 Å². The maximum absolute atomic E-state index is 12.2. The van der Waals surface area contributed by atoms with Crippen LogP contribution >= 0.6 is 35.6 Å². The van der Waals surface area contributed by atoms with Gasteiger partial charge in [-0.2, -0.15) is 13.2 Å². The van der Waals surface area contributed by atoms with Gasteiger partial charge in [0.05, 0.1) is 6.10 Å². The minimum atomic E-state index is -4.54. The first-order valence-corrected chi connectivity index (χ1v) is 5.42. The van der Waals surface area contributed by atoms with Crippen LogP contribution in [-0.4, -0.2) is 17.3 Å². The van der Waals surface area contributed by atoms with E-state index in [1.54, 1.807) is 0 Å². The second-order valence-electron chi connectivity index (χ2n) is 3.57. The monoisotopic (exact) mass is 323 g/mol. The Morgan fingerprint density at radius 1 is 1.28 bits per heavy atom. The van der Waals surface area contributed by atoms with Crippen LogP contribution in [0.4, 0.5) is 13.2 Å². The Hall–Kier alpha value is -0.200. The van der Waals surface area contributed by atoms with Crippen LogP contribution in [0.3, 0.4) is 0 Å². The Bertz CT molecular complexity index is 400. The zero-order valence-corrected chi connectivity index (χ0v) is 11.2. The van der Waals surface area contributed by atoms with Gasteiger partial charge in [-0.05, 0) is 17.7 Å². The summed E-state index contributed by atoms with van der Waals surface area (Å²) in [4.78, 5) is 0. The predicted octanol–water partition coefficient (Wildman–Crippen LogP) is 3.73. The van der Waals surface area contributed by atoms with Gasteiger partial charge in [-0.1, -0.05) is 29.3 Å². The minimum Gasteiger partial charge on any atom is -0.388 e. The second-order valence-corrected chi connectivity index (χ2v) is 4.41. The summed E-state index contributed by atoms with van der Waals surface area (Å²) in [6.07, 6.45) is -6.57. The van der Waals surface area contributed by atoms with Gasteiger partial charge >= 0.3 is 6.18 Å².